The average Bonchev–Trinajstić information content (AvgIpc) is 2.73. The summed E-state index contributed by atoms with van der Waals surface area (Å²) in [5.41, 5.74) is -0.117. The molecule has 1 aliphatic rings. The molecule has 0 spiro atoms. The quantitative estimate of drug-likeness (QED) is 0.824. The molecule has 1 aromatic rings. The number of hydrogen-bond acceptors (Lipinski definition) is 2. The molecule has 2 nitrogen and oxygen atoms in total. The maximum Gasteiger partial charge on any atom is 0.158 e. The minimum atomic E-state index is -1.12. The Labute approximate surface area is 123 Å². The molecule has 1 fully saturated rings. The second-order valence-electron chi connectivity index (χ2n) is 6.03. The van der Waals surface area contributed by atoms with E-state index in [-0.39, 0.29) is 27.7 Å². The van der Waals surface area contributed by atoms with Crippen LogP contribution in [0, 0.1) is 28.5 Å². The third-order valence-corrected chi connectivity index (χ3v) is 4.63. The number of halogens is 2. The Morgan fingerprint density at radius 1 is 1.55 bits per heavy atom. The van der Waals surface area contributed by atoms with Crippen molar-refractivity contribution in [1.82, 2.24) is 0 Å². The predicted molar refractivity (Wildman–Crippen MR) is 75.9 cm³/mol. The molecular formula is C16H17ClFNO. The van der Waals surface area contributed by atoms with Gasteiger partial charge in [0.05, 0.1) is 6.07 Å². The number of nitrogens with zero attached hydrogens (tertiary/aromatic N) is 1. The van der Waals surface area contributed by atoms with Gasteiger partial charge in [-0.3, -0.25) is 4.79 Å². The summed E-state index contributed by atoms with van der Waals surface area (Å²) in [6.07, 6.45) is 2.68. The first kappa shape index (κ1) is 15.0. The van der Waals surface area contributed by atoms with Gasteiger partial charge in [-0.1, -0.05) is 37.9 Å². The molecule has 0 aromatic heterocycles. The fourth-order valence-corrected chi connectivity index (χ4v) is 3.38. The lowest BCUT2D eigenvalue weighted by molar-refractivity contribution is -0.125. The van der Waals surface area contributed by atoms with Gasteiger partial charge in [0.1, 0.15) is 11.7 Å². The van der Waals surface area contributed by atoms with Crippen LogP contribution in [0.2, 0.25) is 5.02 Å². The average molecular weight is 294 g/mol. The van der Waals surface area contributed by atoms with Gasteiger partial charge in [0.15, 0.2) is 5.78 Å². The van der Waals surface area contributed by atoms with Crippen LogP contribution in [0.5, 0.6) is 0 Å². The van der Waals surface area contributed by atoms with Crippen molar-refractivity contribution in [3.05, 3.63) is 34.6 Å². The van der Waals surface area contributed by atoms with Gasteiger partial charge in [-0.15, -0.1) is 0 Å². The number of ketones is 1. The number of nitriles is 1. The van der Waals surface area contributed by atoms with Gasteiger partial charge in [-0.25, -0.2) is 4.39 Å². The van der Waals surface area contributed by atoms with Crippen LogP contribution in [-0.2, 0) is 4.79 Å². The minimum Gasteiger partial charge on any atom is -0.298 e. The Balaban J connectivity index is 2.39. The van der Waals surface area contributed by atoms with Crippen LogP contribution in [0.25, 0.3) is 0 Å². The van der Waals surface area contributed by atoms with E-state index >= 15 is 0 Å². The zero-order valence-electron chi connectivity index (χ0n) is 11.6. The summed E-state index contributed by atoms with van der Waals surface area (Å²) in [5.74, 6) is -2.12. The monoisotopic (exact) mass is 293 g/mol. The third kappa shape index (κ3) is 2.58. The standard InChI is InChI=1S/C16H17ClFNO/c1-16(2)8-4-5-11(16)15(20)10(9-19)14-12(17)6-3-7-13(14)18/h3,6-7,10-11H,4-5,8H2,1-2H3. The fraction of sp³-hybridized carbons (Fsp3) is 0.500. The molecule has 2 unspecified atom stereocenters. The Bertz CT molecular complexity index is 556. The van der Waals surface area contributed by atoms with Gasteiger partial charge < -0.3 is 0 Å². The first-order valence-electron chi connectivity index (χ1n) is 6.75. The van der Waals surface area contributed by atoms with Gasteiger partial charge in [-0.2, -0.15) is 5.26 Å². The predicted octanol–water partition coefficient (Wildman–Crippen LogP) is 4.48. The summed E-state index contributed by atoms with van der Waals surface area (Å²) < 4.78 is 13.9. The second-order valence-corrected chi connectivity index (χ2v) is 6.44. The molecule has 0 bridgehead atoms. The highest BCUT2D eigenvalue weighted by Gasteiger charge is 2.43. The molecule has 0 N–H and O–H groups in total. The molecule has 0 saturated heterocycles. The van der Waals surface area contributed by atoms with Crippen molar-refractivity contribution in [3.8, 4) is 6.07 Å². The van der Waals surface area contributed by atoms with Gasteiger partial charge >= 0.3 is 0 Å². The summed E-state index contributed by atoms with van der Waals surface area (Å²) in [6.45, 7) is 4.06. The maximum absolute atomic E-state index is 13.9. The van der Waals surface area contributed by atoms with Crippen molar-refractivity contribution in [3.63, 3.8) is 0 Å². The molecule has 1 saturated carbocycles. The van der Waals surface area contributed by atoms with E-state index < -0.39 is 11.7 Å². The van der Waals surface area contributed by atoms with Crippen LogP contribution >= 0.6 is 11.6 Å². The molecule has 20 heavy (non-hydrogen) atoms. The number of hydrogen-bond donors (Lipinski definition) is 0. The highest BCUT2D eigenvalue weighted by atomic mass is 35.5. The molecule has 0 radical (unpaired) electrons. The van der Waals surface area contributed by atoms with Crippen LogP contribution in [-0.4, -0.2) is 5.78 Å². The van der Waals surface area contributed by atoms with Gasteiger partial charge in [0.25, 0.3) is 0 Å². The molecule has 1 aromatic carbocycles. The van der Waals surface area contributed by atoms with Crippen LogP contribution in [0.15, 0.2) is 18.2 Å². The van der Waals surface area contributed by atoms with Crippen molar-refractivity contribution in [2.45, 2.75) is 39.0 Å². The Morgan fingerprint density at radius 2 is 2.25 bits per heavy atom. The number of carbonyl (C=O) groups is 1. The lowest BCUT2D eigenvalue weighted by Gasteiger charge is -2.27. The molecule has 0 amide bonds. The molecule has 106 valence electrons. The fourth-order valence-electron chi connectivity index (χ4n) is 3.11. The van der Waals surface area contributed by atoms with E-state index in [9.17, 15) is 14.4 Å². The first-order chi connectivity index (χ1) is 9.38. The Kier molecular flexibility index (Phi) is 4.15. The minimum absolute atomic E-state index is 0.0179. The van der Waals surface area contributed by atoms with E-state index in [2.05, 4.69) is 0 Å². The van der Waals surface area contributed by atoms with Crippen molar-refractivity contribution >= 4 is 17.4 Å². The second kappa shape index (κ2) is 5.54. The largest absolute Gasteiger partial charge is 0.298 e. The maximum atomic E-state index is 13.9. The summed E-state index contributed by atoms with van der Waals surface area (Å²) >= 11 is 5.98. The summed E-state index contributed by atoms with van der Waals surface area (Å²) in [4.78, 5) is 12.6. The SMILES string of the molecule is CC1(C)CCCC1C(=O)C(C#N)c1c(F)cccc1Cl. The highest BCUT2D eigenvalue weighted by molar-refractivity contribution is 6.31. The molecule has 2 rings (SSSR count). The lowest BCUT2D eigenvalue weighted by Crippen LogP contribution is -2.30. The van der Waals surface area contributed by atoms with E-state index in [1.54, 1.807) is 0 Å². The molecule has 0 heterocycles. The number of rotatable bonds is 3. The number of Topliss-reactive ketones (excluding diaryl/α,β-unsaturated/α-hetero) is 1. The van der Waals surface area contributed by atoms with Gasteiger partial charge in [0.2, 0.25) is 0 Å². The summed E-state index contributed by atoms with van der Waals surface area (Å²) in [6, 6.07) is 6.16. The molecule has 0 aliphatic heterocycles. The molecule has 1 aliphatic carbocycles. The molecule has 4 heteroatoms. The van der Waals surface area contributed by atoms with Crippen LogP contribution in [0.1, 0.15) is 44.6 Å². The van der Waals surface area contributed by atoms with Crippen molar-refractivity contribution < 1.29 is 9.18 Å². The Hall–Kier alpha value is -1.40. The van der Waals surface area contributed by atoms with Crippen LogP contribution in [0.4, 0.5) is 4.39 Å². The van der Waals surface area contributed by atoms with E-state index in [0.717, 1.165) is 19.3 Å². The highest BCUT2D eigenvalue weighted by Crippen LogP contribution is 2.45. The van der Waals surface area contributed by atoms with Gasteiger partial charge in [-0.05, 0) is 30.4 Å². The summed E-state index contributed by atoms with van der Waals surface area (Å²) in [7, 11) is 0. The molecular weight excluding hydrogens is 277 g/mol. The number of benzene rings is 1. The van der Waals surface area contributed by atoms with Crippen LogP contribution < -0.4 is 0 Å². The van der Waals surface area contributed by atoms with E-state index in [4.69, 9.17) is 11.6 Å². The molecule has 2 atom stereocenters. The zero-order chi connectivity index (χ0) is 14.9. The zero-order valence-corrected chi connectivity index (χ0v) is 12.4. The Morgan fingerprint density at radius 3 is 2.75 bits per heavy atom. The van der Waals surface area contributed by atoms with Gasteiger partial charge in [0, 0.05) is 16.5 Å². The van der Waals surface area contributed by atoms with E-state index in [0.29, 0.717) is 0 Å². The lowest BCUT2D eigenvalue weighted by atomic mass is 9.75. The number of carbonyl (C=O) groups excluding carboxylic acids is 1. The van der Waals surface area contributed by atoms with Crippen molar-refractivity contribution in [1.29, 1.82) is 5.26 Å². The normalized spacial score (nSPS) is 22.2. The van der Waals surface area contributed by atoms with E-state index in [1.165, 1.54) is 18.2 Å². The smallest absolute Gasteiger partial charge is 0.158 e. The van der Waals surface area contributed by atoms with Crippen molar-refractivity contribution in [2.24, 2.45) is 11.3 Å². The summed E-state index contributed by atoms with van der Waals surface area (Å²) in [5, 5.41) is 9.47. The third-order valence-electron chi connectivity index (χ3n) is 4.30. The topological polar surface area (TPSA) is 40.9 Å². The first-order valence-corrected chi connectivity index (χ1v) is 7.13. The van der Waals surface area contributed by atoms with E-state index in [1.807, 2.05) is 19.9 Å². The van der Waals surface area contributed by atoms with Crippen LogP contribution in [0.3, 0.4) is 0 Å². The van der Waals surface area contributed by atoms with Crippen molar-refractivity contribution in [2.75, 3.05) is 0 Å².